The molecule has 2 amide bonds. The molecule has 0 spiro atoms. The number of hydrogen-bond acceptors (Lipinski definition) is 4. The number of amides is 2. The Morgan fingerprint density at radius 3 is 2.36 bits per heavy atom. The lowest BCUT2D eigenvalue weighted by atomic mass is 10.2. The molecule has 0 aliphatic carbocycles. The second-order valence-electron chi connectivity index (χ2n) is 6.38. The van der Waals surface area contributed by atoms with E-state index < -0.39 is 0 Å². The summed E-state index contributed by atoms with van der Waals surface area (Å²) in [7, 11) is 2.04. The Morgan fingerprint density at radius 2 is 1.68 bits per heavy atom. The molecule has 0 radical (unpaired) electrons. The summed E-state index contributed by atoms with van der Waals surface area (Å²) in [5, 5.41) is 7.62. The minimum absolute atomic E-state index is 0.113. The molecule has 3 rings (SSSR count). The molecule has 1 aromatic heterocycles. The zero-order chi connectivity index (χ0) is 19.8. The molecule has 0 saturated heterocycles. The standard InChI is InChI=1S/C22H23N3O2S/c1-25(19-7-3-2-4-8-19)15-6-14-23-21(26)17-10-12-18(13-11-17)24-22(27)20-9-5-16-28-20/h2-5,7-13,16H,6,14-15H2,1H3,(H,23,26)(H,24,27). The van der Waals surface area contributed by atoms with Crippen LogP contribution in [0.3, 0.4) is 0 Å². The fourth-order valence-corrected chi connectivity index (χ4v) is 3.36. The van der Waals surface area contributed by atoms with Gasteiger partial charge in [-0.2, -0.15) is 0 Å². The molecule has 5 nitrogen and oxygen atoms in total. The van der Waals surface area contributed by atoms with Crippen molar-refractivity contribution in [3.05, 3.63) is 82.6 Å². The molecule has 144 valence electrons. The van der Waals surface area contributed by atoms with Gasteiger partial charge < -0.3 is 15.5 Å². The van der Waals surface area contributed by atoms with E-state index in [9.17, 15) is 9.59 Å². The van der Waals surface area contributed by atoms with Crippen molar-refractivity contribution in [1.29, 1.82) is 0 Å². The maximum Gasteiger partial charge on any atom is 0.265 e. The molecule has 1 heterocycles. The number of carbonyl (C=O) groups excluding carboxylic acids is 2. The highest BCUT2D eigenvalue weighted by atomic mass is 32.1. The van der Waals surface area contributed by atoms with E-state index in [1.54, 1.807) is 30.3 Å². The topological polar surface area (TPSA) is 61.4 Å². The third-order valence-electron chi connectivity index (χ3n) is 4.30. The van der Waals surface area contributed by atoms with Crippen LogP contribution in [0.4, 0.5) is 11.4 Å². The van der Waals surface area contributed by atoms with E-state index in [2.05, 4.69) is 27.7 Å². The summed E-state index contributed by atoms with van der Waals surface area (Å²) < 4.78 is 0. The van der Waals surface area contributed by atoms with Gasteiger partial charge in [0.1, 0.15) is 0 Å². The van der Waals surface area contributed by atoms with Crippen molar-refractivity contribution in [2.45, 2.75) is 6.42 Å². The molecule has 28 heavy (non-hydrogen) atoms. The van der Waals surface area contributed by atoms with Gasteiger partial charge in [-0.1, -0.05) is 24.3 Å². The number of nitrogens with one attached hydrogen (secondary N) is 2. The van der Waals surface area contributed by atoms with E-state index in [-0.39, 0.29) is 11.8 Å². The molecule has 0 unspecified atom stereocenters. The van der Waals surface area contributed by atoms with Gasteiger partial charge in [-0.15, -0.1) is 11.3 Å². The van der Waals surface area contributed by atoms with Crippen LogP contribution in [0, 0.1) is 0 Å². The summed E-state index contributed by atoms with van der Waals surface area (Å²) in [6, 6.07) is 20.7. The first kappa shape index (κ1) is 19.6. The Balaban J connectivity index is 1.42. The van der Waals surface area contributed by atoms with Gasteiger partial charge in [-0.25, -0.2) is 0 Å². The van der Waals surface area contributed by atoms with Crippen molar-refractivity contribution in [2.24, 2.45) is 0 Å². The van der Waals surface area contributed by atoms with Gasteiger partial charge in [0.2, 0.25) is 0 Å². The molecule has 0 bridgehead atoms. The van der Waals surface area contributed by atoms with E-state index in [4.69, 9.17) is 0 Å². The maximum atomic E-state index is 12.3. The SMILES string of the molecule is CN(CCCNC(=O)c1ccc(NC(=O)c2cccs2)cc1)c1ccccc1. The van der Waals surface area contributed by atoms with Gasteiger partial charge >= 0.3 is 0 Å². The third-order valence-corrected chi connectivity index (χ3v) is 5.17. The molecular formula is C22H23N3O2S. The number of nitrogens with zero attached hydrogens (tertiary/aromatic N) is 1. The van der Waals surface area contributed by atoms with Crippen molar-refractivity contribution >= 4 is 34.5 Å². The lowest BCUT2D eigenvalue weighted by molar-refractivity contribution is 0.0953. The largest absolute Gasteiger partial charge is 0.375 e. The van der Waals surface area contributed by atoms with Crippen LogP contribution in [-0.4, -0.2) is 32.0 Å². The summed E-state index contributed by atoms with van der Waals surface area (Å²) in [5.74, 6) is -0.256. The first-order chi connectivity index (χ1) is 13.6. The average molecular weight is 394 g/mol. The Labute approximate surface area is 169 Å². The predicted octanol–water partition coefficient (Wildman–Crippen LogP) is 4.26. The van der Waals surface area contributed by atoms with Gasteiger partial charge in [0.25, 0.3) is 11.8 Å². The Hall–Kier alpha value is -3.12. The number of para-hydroxylation sites is 1. The Kier molecular flexibility index (Phi) is 6.81. The first-order valence-electron chi connectivity index (χ1n) is 9.13. The summed E-state index contributed by atoms with van der Waals surface area (Å²) in [5.41, 5.74) is 2.40. The summed E-state index contributed by atoms with van der Waals surface area (Å²) >= 11 is 1.39. The van der Waals surface area contributed by atoms with Crippen LogP contribution in [0.15, 0.2) is 72.1 Å². The zero-order valence-electron chi connectivity index (χ0n) is 15.7. The smallest absolute Gasteiger partial charge is 0.265 e. The molecule has 6 heteroatoms. The predicted molar refractivity (Wildman–Crippen MR) is 115 cm³/mol. The number of benzene rings is 2. The second kappa shape index (κ2) is 9.71. The molecule has 0 aliphatic heterocycles. The van der Waals surface area contributed by atoms with Gasteiger partial charge in [0, 0.05) is 37.1 Å². The van der Waals surface area contributed by atoms with Crippen LogP contribution >= 0.6 is 11.3 Å². The van der Waals surface area contributed by atoms with E-state index in [0.29, 0.717) is 22.7 Å². The van der Waals surface area contributed by atoms with E-state index in [1.807, 2.05) is 36.7 Å². The Morgan fingerprint density at radius 1 is 0.929 bits per heavy atom. The lowest BCUT2D eigenvalue weighted by Crippen LogP contribution is -2.28. The fraction of sp³-hybridized carbons (Fsp3) is 0.182. The number of carbonyl (C=O) groups is 2. The molecule has 2 N–H and O–H groups in total. The average Bonchev–Trinajstić information content (AvgIpc) is 3.27. The summed E-state index contributed by atoms with van der Waals surface area (Å²) in [6.45, 7) is 1.46. The maximum absolute atomic E-state index is 12.3. The monoisotopic (exact) mass is 393 g/mol. The second-order valence-corrected chi connectivity index (χ2v) is 7.32. The van der Waals surface area contributed by atoms with Gasteiger partial charge in [-0.3, -0.25) is 9.59 Å². The van der Waals surface area contributed by atoms with Crippen LogP contribution in [0.2, 0.25) is 0 Å². The number of hydrogen-bond donors (Lipinski definition) is 2. The van der Waals surface area contributed by atoms with Gasteiger partial charge in [0.15, 0.2) is 0 Å². The number of anilines is 2. The van der Waals surface area contributed by atoms with Gasteiger partial charge in [0.05, 0.1) is 4.88 Å². The van der Waals surface area contributed by atoms with Crippen molar-refractivity contribution in [2.75, 3.05) is 30.4 Å². The van der Waals surface area contributed by atoms with Crippen LogP contribution < -0.4 is 15.5 Å². The molecular weight excluding hydrogens is 370 g/mol. The highest BCUT2D eigenvalue weighted by Crippen LogP contribution is 2.14. The fourth-order valence-electron chi connectivity index (χ4n) is 2.74. The minimum Gasteiger partial charge on any atom is -0.375 e. The van der Waals surface area contributed by atoms with Crippen molar-refractivity contribution in [1.82, 2.24) is 5.32 Å². The molecule has 0 saturated carbocycles. The van der Waals surface area contributed by atoms with Crippen molar-refractivity contribution in [3.8, 4) is 0 Å². The van der Waals surface area contributed by atoms with Crippen LogP contribution in [-0.2, 0) is 0 Å². The van der Waals surface area contributed by atoms with Crippen LogP contribution in [0.1, 0.15) is 26.5 Å². The third kappa shape index (κ3) is 5.44. The van der Waals surface area contributed by atoms with E-state index in [0.717, 1.165) is 18.7 Å². The zero-order valence-corrected chi connectivity index (χ0v) is 16.5. The minimum atomic E-state index is -0.144. The van der Waals surface area contributed by atoms with Crippen molar-refractivity contribution in [3.63, 3.8) is 0 Å². The highest BCUT2D eigenvalue weighted by Gasteiger charge is 2.09. The lowest BCUT2D eigenvalue weighted by Gasteiger charge is -2.19. The molecule has 0 atom stereocenters. The van der Waals surface area contributed by atoms with Gasteiger partial charge in [-0.05, 0) is 54.3 Å². The molecule has 0 fully saturated rings. The summed E-state index contributed by atoms with van der Waals surface area (Å²) in [6.07, 6.45) is 0.853. The Bertz CT molecular complexity index is 893. The summed E-state index contributed by atoms with van der Waals surface area (Å²) in [4.78, 5) is 27.1. The molecule has 3 aromatic rings. The van der Waals surface area contributed by atoms with Crippen LogP contribution in [0.5, 0.6) is 0 Å². The van der Waals surface area contributed by atoms with Crippen LogP contribution in [0.25, 0.3) is 0 Å². The number of rotatable bonds is 8. The first-order valence-corrected chi connectivity index (χ1v) is 10.0. The normalized spacial score (nSPS) is 10.3. The molecule has 2 aromatic carbocycles. The van der Waals surface area contributed by atoms with Crippen molar-refractivity contribution < 1.29 is 9.59 Å². The van der Waals surface area contributed by atoms with E-state index >= 15 is 0 Å². The highest BCUT2D eigenvalue weighted by molar-refractivity contribution is 7.12. The number of thiophene rings is 1. The molecule has 0 aliphatic rings. The quantitative estimate of drug-likeness (QED) is 0.562. The van der Waals surface area contributed by atoms with E-state index in [1.165, 1.54) is 11.3 Å².